The Labute approximate surface area is 121 Å². The van der Waals surface area contributed by atoms with Gasteiger partial charge in [0, 0.05) is 29.8 Å². The van der Waals surface area contributed by atoms with E-state index in [2.05, 4.69) is 38.1 Å². The van der Waals surface area contributed by atoms with Gasteiger partial charge in [0.1, 0.15) is 0 Å². The molecule has 2 N–H and O–H groups in total. The van der Waals surface area contributed by atoms with Crippen LogP contribution in [-0.4, -0.2) is 23.7 Å². The van der Waals surface area contributed by atoms with Gasteiger partial charge < -0.3 is 10.5 Å². The minimum atomic E-state index is 0.124. The summed E-state index contributed by atoms with van der Waals surface area (Å²) in [5.74, 6) is 0. The molecule has 1 saturated heterocycles. The van der Waals surface area contributed by atoms with Crippen molar-refractivity contribution in [3.63, 3.8) is 0 Å². The molecule has 0 aliphatic carbocycles. The molecule has 2 unspecified atom stereocenters. The second kappa shape index (κ2) is 7.32. The Kier molecular flexibility index (Phi) is 5.74. The number of hydrogen-bond donors (Lipinski definition) is 1. The van der Waals surface area contributed by atoms with Gasteiger partial charge in [-0.15, -0.1) is 0 Å². The molecule has 3 heteroatoms. The van der Waals surface area contributed by atoms with Gasteiger partial charge in [-0.25, -0.2) is 0 Å². The molecule has 0 saturated carbocycles. The fourth-order valence-electron chi connectivity index (χ4n) is 2.45. The van der Waals surface area contributed by atoms with Crippen molar-refractivity contribution in [3.8, 4) is 0 Å². The van der Waals surface area contributed by atoms with E-state index in [1.807, 2.05) is 11.8 Å². The Morgan fingerprint density at radius 3 is 2.47 bits per heavy atom. The number of benzene rings is 1. The number of hydrogen-bond acceptors (Lipinski definition) is 3. The average Bonchev–Trinajstić information content (AvgIpc) is 2.47. The lowest BCUT2D eigenvalue weighted by Crippen LogP contribution is -2.26. The Morgan fingerprint density at radius 2 is 1.89 bits per heavy atom. The topological polar surface area (TPSA) is 35.2 Å². The smallest absolute Gasteiger partial charge is 0.0476 e. The van der Waals surface area contributed by atoms with E-state index in [9.17, 15) is 0 Å². The van der Waals surface area contributed by atoms with Crippen LogP contribution in [0.5, 0.6) is 0 Å². The van der Waals surface area contributed by atoms with Gasteiger partial charge in [0.25, 0.3) is 0 Å². The lowest BCUT2D eigenvalue weighted by atomic mass is 10.0. The second-order valence-electron chi connectivity index (χ2n) is 5.27. The van der Waals surface area contributed by atoms with Crippen LogP contribution in [0.3, 0.4) is 0 Å². The zero-order chi connectivity index (χ0) is 13.7. The molecule has 1 aromatic rings. The maximum atomic E-state index is 6.40. The average molecular weight is 279 g/mol. The molecule has 2 nitrogen and oxygen atoms in total. The summed E-state index contributed by atoms with van der Waals surface area (Å²) in [6.07, 6.45) is 3.41. The number of thioether (sulfide) groups is 1. The van der Waals surface area contributed by atoms with Gasteiger partial charge in [-0.05, 0) is 30.4 Å². The first-order valence-electron chi connectivity index (χ1n) is 7.28. The molecule has 0 radical (unpaired) electrons. The van der Waals surface area contributed by atoms with Crippen molar-refractivity contribution >= 4 is 11.8 Å². The molecule has 1 aliphatic heterocycles. The summed E-state index contributed by atoms with van der Waals surface area (Å²) in [5, 5.41) is 1.17. The van der Waals surface area contributed by atoms with Crippen molar-refractivity contribution in [2.24, 2.45) is 5.73 Å². The lowest BCUT2D eigenvalue weighted by Gasteiger charge is -2.27. The van der Waals surface area contributed by atoms with Crippen LogP contribution in [0.15, 0.2) is 24.3 Å². The first-order valence-corrected chi connectivity index (χ1v) is 8.22. The molecule has 1 aromatic carbocycles. The lowest BCUT2D eigenvalue weighted by molar-refractivity contribution is 0.0999. The summed E-state index contributed by atoms with van der Waals surface area (Å²) >= 11 is 2.03. The van der Waals surface area contributed by atoms with Crippen molar-refractivity contribution in [1.82, 2.24) is 0 Å². The van der Waals surface area contributed by atoms with E-state index in [0.29, 0.717) is 10.5 Å². The molecule has 19 heavy (non-hydrogen) atoms. The molecule has 0 spiro atoms. The fraction of sp³-hybridized carbons (Fsp3) is 0.625. The van der Waals surface area contributed by atoms with E-state index < -0.39 is 0 Å². The van der Waals surface area contributed by atoms with Crippen LogP contribution >= 0.6 is 11.8 Å². The van der Waals surface area contributed by atoms with Gasteiger partial charge in [-0.1, -0.05) is 38.1 Å². The zero-order valence-corrected chi connectivity index (χ0v) is 12.8. The summed E-state index contributed by atoms with van der Waals surface area (Å²) in [6.45, 7) is 6.24. The molecule has 2 atom stereocenters. The monoisotopic (exact) mass is 279 g/mol. The van der Waals surface area contributed by atoms with Crippen molar-refractivity contribution in [2.75, 3.05) is 13.2 Å². The van der Waals surface area contributed by atoms with Crippen molar-refractivity contribution in [3.05, 3.63) is 35.4 Å². The molecular formula is C16H25NOS. The SMILES string of the molecule is CCc1ccc(C(N)C(C)SC2CCOCC2)cc1. The van der Waals surface area contributed by atoms with Gasteiger partial charge in [0.15, 0.2) is 0 Å². The summed E-state index contributed by atoms with van der Waals surface area (Å²) in [6, 6.07) is 8.88. The van der Waals surface area contributed by atoms with E-state index in [4.69, 9.17) is 10.5 Å². The fourth-order valence-corrected chi connectivity index (χ4v) is 3.84. The van der Waals surface area contributed by atoms with Crippen LogP contribution in [0.2, 0.25) is 0 Å². The van der Waals surface area contributed by atoms with Crippen LogP contribution in [0.4, 0.5) is 0 Å². The predicted octanol–water partition coefficient (Wildman–Crippen LogP) is 3.55. The van der Waals surface area contributed by atoms with Gasteiger partial charge in [0.2, 0.25) is 0 Å². The van der Waals surface area contributed by atoms with Crippen molar-refractivity contribution < 1.29 is 4.74 Å². The van der Waals surface area contributed by atoms with E-state index >= 15 is 0 Å². The van der Waals surface area contributed by atoms with Crippen LogP contribution in [-0.2, 0) is 11.2 Å². The molecule has 0 bridgehead atoms. The second-order valence-corrected chi connectivity index (χ2v) is 6.96. The Morgan fingerprint density at radius 1 is 1.26 bits per heavy atom. The van der Waals surface area contributed by atoms with Crippen LogP contribution in [0.25, 0.3) is 0 Å². The van der Waals surface area contributed by atoms with Crippen molar-refractivity contribution in [2.45, 2.75) is 49.7 Å². The van der Waals surface area contributed by atoms with E-state index in [0.717, 1.165) is 32.5 Å². The maximum Gasteiger partial charge on any atom is 0.0476 e. The highest BCUT2D eigenvalue weighted by Gasteiger charge is 2.22. The van der Waals surface area contributed by atoms with E-state index in [-0.39, 0.29) is 6.04 Å². The molecule has 106 valence electrons. The van der Waals surface area contributed by atoms with Gasteiger partial charge >= 0.3 is 0 Å². The number of nitrogens with two attached hydrogens (primary N) is 1. The highest BCUT2D eigenvalue weighted by atomic mass is 32.2. The molecule has 0 aromatic heterocycles. The van der Waals surface area contributed by atoms with Crippen molar-refractivity contribution in [1.29, 1.82) is 0 Å². The van der Waals surface area contributed by atoms with E-state index in [1.165, 1.54) is 11.1 Å². The molecule has 0 amide bonds. The summed E-state index contributed by atoms with van der Waals surface area (Å²) in [4.78, 5) is 0. The number of rotatable bonds is 5. The molecular weight excluding hydrogens is 254 g/mol. The molecule has 2 rings (SSSR count). The third kappa shape index (κ3) is 4.23. The summed E-state index contributed by atoms with van der Waals surface area (Å²) in [7, 11) is 0. The van der Waals surface area contributed by atoms with Gasteiger partial charge in [-0.2, -0.15) is 11.8 Å². The normalized spacial score (nSPS) is 20.2. The summed E-state index contributed by atoms with van der Waals surface area (Å²) < 4.78 is 5.41. The van der Waals surface area contributed by atoms with Crippen LogP contribution in [0.1, 0.15) is 43.9 Å². The van der Waals surface area contributed by atoms with Gasteiger partial charge in [0.05, 0.1) is 0 Å². The minimum Gasteiger partial charge on any atom is -0.381 e. The first-order chi connectivity index (χ1) is 9.20. The Bertz CT molecular complexity index is 373. The molecule has 1 aliphatic rings. The first kappa shape index (κ1) is 14.9. The quantitative estimate of drug-likeness (QED) is 0.895. The Hall–Kier alpha value is -0.510. The minimum absolute atomic E-state index is 0.124. The number of ether oxygens (including phenoxy) is 1. The molecule has 1 fully saturated rings. The molecule has 1 heterocycles. The largest absolute Gasteiger partial charge is 0.381 e. The Balaban J connectivity index is 1.91. The summed E-state index contributed by atoms with van der Waals surface area (Å²) in [5.41, 5.74) is 9.02. The third-order valence-electron chi connectivity index (χ3n) is 3.85. The highest BCUT2D eigenvalue weighted by Crippen LogP contribution is 2.32. The third-order valence-corrected chi connectivity index (χ3v) is 5.43. The maximum absolute atomic E-state index is 6.40. The van der Waals surface area contributed by atoms with E-state index in [1.54, 1.807) is 0 Å². The predicted molar refractivity (Wildman–Crippen MR) is 83.6 cm³/mol. The standard InChI is InChI=1S/C16H25NOS/c1-3-13-4-6-14(7-5-13)16(17)12(2)19-15-8-10-18-11-9-15/h4-7,12,15-16H,3,8-11,17H2,1-2H3. The zero-order valence-electron chi connectivity index (χ0n) is 12.0. The van der Waals surface area contributed by atoms with Crippen LogP contribution in [0, 0.1) is 0 Å². The number of aryl methyl sites for hydroxylation is 1. The highest BCUT2D eigenvalue weighted by molar-refractivity contribution is 8.00. The van der Waals surface area contributed by atoms with Crippen LogP contribution < -0.4 is 5.73 Å². The van der Waals surface area contributed by atoms with Gasteiger partial charge in [-0.3, -0.25) is 0 Å².